The van der Waals surface area contributed by atoms with Crippen LogP contribution >= 0.6 is 0 Å². The first kappa shape index (κ1) is 16.8. The van der Waals surface area contributed by atoms with Gasteiger partial charge >= 0.3 is 5.97 Å². The van der Waals surface area contributed by atoms with E-state index in [9.17, 15) is 13.2 Å². The molecule has 0 unspecified atom stereocenters. The molecule has 7 heteroatoms. The van der Waals surface area contributed by atoms with E-state index >= 15 is 0 Å². The second-order valence-electron chi connectivity index (χ2n) is 5.52. The van der Waals surface area contributed by atoms with Crippen molar-refractivity contribution in [3.8, 4) is 5.75 Å². The summed E-state index contributed by atoms with van der Waals surface area (Å²) < 4.78 is 37.0. The molecule has 1 aromatic carbocycles. The second kappa shape index (κ2) is 6.66. The minimum absolute atomic E-state index is 0.244. The number of fused-ring (bicyclic) bond motifs is 1. The van der Waals surface area contributed by atoms with Crippen LogP contribution in [0.15, 0.2) is 24.3 Å². The molecule has 0 saturated carbocycles. The molecule has 1 aliphatic rings. The highest BCUT2D eigenvalue weighted by molar-refractivity contribution is 7.89. The van der Waals surface area contributed by atoms with Crippen molar-refractivity contribution in [2.45, 2.75) is 26.4 Å². The Morgan fingerprint density at radius 3 is 2.82 bits per heavy atom. The first-order valence-electron chi connectivity index (χ1n) is 7.13. The zero-order valence-electron chi connectivity index (χ0n) is 13.0. The normalized spacial score (nSPS) is 20.4. The van der Waals surface area contributed by atoms with E-state index in [1.54, 1.807) is 13.8 Å². The minimum atomic E-state index is -3.60. The molecule has 1 aromatic rings. The maximum absolute atomic E-state index is 12.7. The lowest BCUT2D eigenvalue weighted by atomic mass is 10.2. The number of carbonyl (C=O) groups is 1. The molecule has 122 valence electrons. The molecule has 0 fully saturated rings. The lowest BCUT2D eigenvalue weighted by Crippen LogP contribution is -2.42. The smallest absolute Gasteiger partial charge is 0.309 e. The molecule has 0 spiro atoms. The van der Waals surface area contributed by atoms with Gasteiger partial charge in [0.2, 0.25) is 10.0 Å². The maximum Gasteiger partial charge on any atom is 0.309 e. The van der Waals surface area contributed by atoms with Gasteiger partial charge in [0.15, 0.2) is 0 Å². The highest BCUT2D eigenvalue weighted by atomic mass is 32.2. The Labute approximate surface area is 131 Å². The molecule has 0 N–H and O–H groups in total. The van der Waals surface area contributed by atoms with E-state index in [1.807, 2.05) is 24.3 Å². The van der Waals surface area contributed by atoms with Crippen molar-refractivity contribution in [3.05, 3.63) is 29.8 Å². The summed E-state index contributed by atoms with van der Waals surface area (Å²) in [5, 5.41) is 0. The topological polar surface area (TPSA) is 72.9 Å². The van der Waals surface area contributed by atoms with Gasteiger partial charge < -0.3 is 9.47 Å². The molecule has 2 atom stereocenters. The van der Waals surface area contributed by atoms with Crippen LogP contribution in [-0.2, 0) is 26.1 Å². The van der Waals surface area contributed by atoms with Gasteiger partial charge in [-0.15, -0.1) is 0 Å². The highest BCUT2D eigenvalue weighted by Crippen LogP contribution is 2.27. The van der Waals surface area contributed by atoms with Crippen molar-refractivity contribution >= 4 is 16.0 Å². The Kier molecular flexibility index (Phi) is 5.08. The van der Waals surface area contributed by atoms with E-state index in [1.165, 1.54) is 11.4 Å². The lowest BCUT2D eigenvalue weighted by Gasteiger charge is -2.26. The molecule has 0 radical (unpaired) electrons. The van der Waals surface area contributed by atoms with Gasteiger partial charge in [0.25, 0.3) is 0 Å². The lowest BCUT2D eigenvalue weighted by molar-refractivity contribution is -0.144. The number of benzene rings is 1. The molecule has 1 heterocycles. The fourth-order valence-corrected chi connectivity index (χ4v) is 4.35. The van der Waals surface area contributed by atoms with Crippen LogP contribution in [0.25, 0.3) is 0 Å². The van der Waals surface area contributed by atoms with E-state index in [4.69, 9.17) is 4.74 Å². The molecule has 0 amide bonds. The summed E-state index contributed by atoms with van der Waals surface area (Å²) in [7, 11) is -2.35. The quantitative estimate of drug-likeness (QED) is 0.782. The fourth-order valence-electron chi connectivity index (χ4n) is 2.45. The number of carbonyl (C=O) groups excluding carboxylic acids is 1. The number of hydrogen-bond acceptors (Lipinski definition) is 5. The fraction of sp³-hybridized carbons (Fsp3) is 0.533. The predicted molar refractivity (Wildman–Crippen MR) is 81.9 cm³/mol. The van der Waals surface area contributed by atoms with Crippen LogP contribution in [0.2, 0.25) is 0 Å². The van der Waals surface area contributed by atoms with Gasteiger partial charge in [-0.2, -0.15) is 4.31 Å². The molecule has 1 aliphatic heterocycles. The van der Waals surface area contributed by atoms with E-state index in [2.05, 4.69) is 4.74 Å². The van der Waals surface area contributed by atoms with Gasteiger partial charge in [0.1, 0.15) is 12.4 Å². The first-order valence-corrected chi connectivity index (χ1v) is 8.74. The molecule has 22 heavy (non-hydrogen) atoms. The van der Waals surface area contributed by atoms with Crippen molar-refractivity contribution in [2.75, 3.05) is 19.5 Å². The van der Waals surface area contributed by atoms with E-state index in [-0.39, 0.29) is 24.9 Å². The van der Waals surface area contributed by atoms with Crippen molar-refractivity contribution in [2.24, 2.45) is 5.92 Å². The molecule has 6 nitrogen and oxygen atoms in total. The van der Waals surface area contributed by atoms with Gasteiger partial charge in [0, 0.05) is 12.1 Å². The van der Waals surface area contributed by atoms with Crippen LogP contribution in [-0.4, -0.2) is 44.2 Å². The summed E-state index contributed by atoms with van der Waals surface area (Å²) in [4.78, 5) is 11.5. The molecular weight excluding hydrogens is 306 g/mol. The number of ether oxygens (including phenoxy) is 2. The van der Waals surface area contributed by atoms with Crippen LogP contribution in [0.3, 0.4) is 0 Å². The Balaban J connectivity index is 2.24. The van der Waals surface area contributed by atoms with E-state index in [0.717, 1.165) is 5.56 Å². The zero-order valence-corrected chi connectivity index (χ0v) is 13.8. The van der Waals surface area contributed by atoms with Gasteiger partial charge in [-0.3, -0.25) is 4.79 Å². The van der Waals surface area contributed by atoms with Gasteiger partial charge in [0.05, 0.1) is 24.8 Å². The largest absolute Gasteiger partial charge is 0.492 e. The van der Waals surface area contributed by atoms with Crippen LogP contribution in [0.5, 0.6) is 5.75 Å². The summed E-state index contributed by atoms with van der Waals surface area (Å²) in [6, 6.07) is 7.07. The number of sulfonamides is 1. The molecule has 0 bridgehead atoms. The zero-order chi connectivity index (χ0) is 16.3. The van der Waals surface area contributed by atoms with E-state index < -0.39 is 21.9 Å². The predicted octanol–water partition coefficient (Wildman–Crippen LogP) is 1.41. The van der Waals surface area contributed by atoms with Crippen molar-refractivity contribution < 1.29 is 22.7 Å². The third-order valence-electron chi connectivity index (χ3n) is 3.69. The SMILES string of the molecule is COC(=O)[C@H](C)CS(=O)(=O)N1Cc2ccccc2OC[C@H]1C. The van der Waals surface area contributed by atoms with Crippen molar-refractivity contribution in [3.63, 3.8) is 0 Å². The molecule has 0 aromatic heterocycles. The molecular formula is C15H21NO5S. The summed E-state index contributed by atoms with van der Waals surface area (Å²) in [6.45, 7) is 3.87. The number of nitrogens with zero attached hydrogens (tertiary/aromatic N) is 1. The van der Waals surface area contributed by atoms with Crippen LogP contribution < -0.4 is 4.74 Å². The number of methoxy groups -OCH3 is 1. The summed E-state index contributed by atoms with van der Waals surface area (Å²) >= 11 is 0. The Bertz CT molecular complexity index is 643. The highest BCUT2D eigenvalue weighted by Gasteiger charge is 2.33. The monoisotopic (exact) mass is 327 g/mol. The Morgan fingerprint density at radius 2 is 2.14 bits per heavy atom. The third kappa shape index (κ3) is 3.59. The molecule has 0 saturated heterocycles. The number of para-hydroxylation sites is 1. The average Bonchev–Trinajstić information content (AvgIpc) is 2.66. The number of esters is 1. The summed E-state index contributed by atoms with van der Waals surface area (Å²) in [5.74, 6) is -0.802. The van der Waals surface area contributed by atoms with Crippen molar-refractivity contribution in [1.29, 1.82) is 0 Å². The van der Waals surface area contributed by atoms with Gasteiger partial charge in [-0.1, -0.05) is 25.1 Å². The maximum atomic E-state index is 12.7. The van der Waals surface area contributed by atoms with Crippen molar-refractivity contribution in [1.82, 2.24) is 4.31 Å². The first-order chi connectivity index (χ1) is 10.3. The second-order valence-corrected chi connectivity index (χ2v) is 7.48. The minimum Gasteiger partial charge on any atom is -0.492 e. The average molecular weight is 327 g/mol. The van der Waals surface area contributed by atoms with Gasteiger partial charge in [-0.05, 0) is 13.0 Å². The summed E-state index contributed by atoms with van der Waals surface area (Å²) in [6.07, 6.45) is 0. The van der Waals surface area contributed by atoms with Crippen LogP contribution in [0.4, 0.5) is 0 Å². The summed E-state index contributed by atoms with van der Waals surface area (Å²) in [5.41, 5.74) is 0.821. The Hall–Kier alpha value is -1.60. The molecule has 2 rings (SSSR count). The molecule has 0 aliphatic carbocycles. The van der Waals surface area contributed by atoms with Crippen LogP contribution in [0, 0.1) is 5.92 Å². The third-order valence-corrected chi connectivity index (χ3v) is 5.82. The number of hydrogen-bond donors (Lipinski definition) is 0. The van der Waals surface area contributed by atoms with E-state index in [0.29, 0.717) is 5.75 Å². The number of rotatable bonds is 4. The standard InChI is InChI=1S/C15H21NO5S/c1-11(15(17)20-3)10-22(18,19)16-8-13-6-4-5-7-14(13)21-9-12(16)2/h4-7,11-12H,8-10H2,1-3H3/t11-,12-/m1/s1. The van der Waals surface area contributed by atoms with Gasteiger partial charge in [-0.25, -0.2) is 8.42 Å². The van der Waals surface area contributed by atoms with Crippen LogP contribution in [0.1, 0.15) is 19.4 Å². The Morgan fingerprint density at radius 1 is 1.45 bits per heavy atom.